The first-order chi connectivity index (χ1) is 11.7. The quantitative estimate of drug-likeness (QED) is 0.685. The number of aryl methyl sites for hydroxylation is 2. The van der Waals surface area contributed by atoms with E-state index in [0.717, 1.165) is 29.7 Å². The third-order valence-electron chi connectivity index (χ3n) is 4.40. The van der Waals surface area contributed by atoms with Crippen molar-refractivity contribution in [2.75, 3.05) is 7.11 Å². The van der Waals surface area contributed by atoms with Crippen LogP contribution in [0.15, 0.2) is 35.4 Å². The Morgan fingerprint density at radius 2 is 2.25 bits per heavy atom. The van der Waals surface area contributed by atoms with Gasteiger partial charge in [0.15, 0.2) is 5.78 Å². The molecule has 0 amide bonds. The zero-order chi connectivity index (χ0) is 16.7. The fraction of sp³-hybridized carbons (Fsp3) is 0.278. The number of ketones is 1. The second-order valence-corrected chi connectivity index (χ2v) is 6.95. The van der Waals surface area contributed by atoms with Gasteiger partial charge in [0.25, 0.3) is 5.56 Å². The van der Waals surface area contributed by atoms with E-state index >= 15 is 0 Å². The fourth-order valence-corrected chi connectivity index (χ4v) is 4.39. The van der Waals surface area contributed by atoms with E-state index in [1.54, 1.807) is 42.7 Å². The average Bonchev–Trinajstić information content (AvgIpc) is 3.18. The summed E-state index contributed by atoms with van der Waals surface area (Å²) >= 11 is 1.60. The summed E-state index contributed by atoms with van der Waals surface area (Å²) in [6.07, 6.45) is 4.53. The standard InChI is InChI=1S/C18H16N2O3S/c1-23-12-5-2-4-11(8-12)14(21)9-20-10-19-17-16(18(20)22)13-6-3-7-15(13)24-17/h2,4-5,8,10H,3,6-7,9H2,1H3. The molecule has 0 spiro atoms. The SMILES string of the molecule is COc1cccc(C(=O)Cn2cnc3sc4c(c3c2=O)CCC4)c1. The van der Waals surface area contributed by atoms with Crippen LogP contribution in [0.25, 0.3) is 10.2 Å². The number of nitrogens with zero attached hydrogens (tertiary/aromatic N) is 2. The molecule has 0 radical (unpaired) electrons. The Kier molecular flexibility index (Phi) is 3.69. The molecule has 0 saturated carbocycles. The molecule has 2 aromatic heterocycles. The highest BCUT2D eigenvalue weighted by molar-refractivity contribution is 7.18. The van der Waals surface area contributed by atoms with E-state index in [9.17, 15) is 9.59 Å². The number of methoxy groups -OCH3 is 1. The van der Waals surface area contributed by atoms with Crippen LogP contribution in [0.4, 0.5) is 0 Å². The minimum atomic E-state index is -0.135. The van der Waals surface area contributed by atoms with Crippen molar-refractivity contribution < 1.29 is 9.53 Å². The van der Waals surface area contributed by atoms with Crippen molar-refractivity contribution in [1.82, 2.24) is 9.55 Å². The first-order valence-corrected chi connectivity index (χ1v) is 8.66. The third kappa shape index (κ3) is 2.43. The molecular formula is C18H16N2O3S. The zero-order valence-corrected chi connectivity index (χ0v) is 14.1. The van der Waals surface area contributed by atoms with Crippen molar-refractivity contribution in [3.63, 3.8) is 0 Å². The van der Waals surface area contributed by atoms with Gasteiger partial charge in [0, 0.05) is 10.4 Å². The normalized spacial score (nSPS) is 13.2. The molecule has 1 aromatic carbocycles. The highest BCUT2D eigenvalue weighted by atomic mass is 32.1. The number of carbonyl (C=O) groups excluding carboxylic acids is 1. The summed E-state index contributed by atoms with van der Waals surface area (Å²) in [6, 6.07) is 6.96. The number of hydrogen-bond acceptors (Lipinski definition) is 5. The lowest BCUT2D eigenvalue weighted by molar-refractivity contribution is 0.0970. The predicted octanol–water partition coefficient (Wildman–Crippen LogP) is 2.84. The molecule has 6 heteroatoms. The Balaban J connectivity index is 1.70. The Hall–Kier alpha value is -2.47. The van der Waals surface area contributed by atoms with Gasteiger partial charge in [0.1, 0.15) is 10.6 Å². The van der Waals surface area contributed by atoms with Crippen LogP contribution in [0.1, 0.15) is 27.2 Å². The second kappa shape index (κ2) is 5.87. The number of Topliss-reactive ketones (excluding diaryl/α,β-unsaturated/α-hetero) is 1. The molecule has 0 N–H and O–H groups in total. The van der Waals surface area contributed by atoms with Gasteiger partial charge in [-0.05, 0) is 37.0 Å². The van der Waals surface area contributed by atoms with Crippen molar-refractivity contribution in [2.45, 2.75) is 25.8 Å². The van der Waals surface area contributed by atoms with Gasteiger partial charge in [0.05, 0.1) is 25.4 Å². The number of fused-ring (bicyclic) bond motifs is 3. The number of rotatable bonds is 4. The van der Waals surface area contributed by atoms with Crippen LogP contribution in [-0.4, -0.2) is 22.4 Å². The number of aromatic nitrogens is 2. The summed E-state index contributed by atoms with van der Waals surface area (Å²) in [5, 5.41) is 0.702. The van der Waals surface area contributed by atoms with E-state index in [0.29, 0.717) is 16.7 Å². The molecule has 4 rings (SSSR count). The summed E-state index contributed by atoms with van der Waals surface area (Å²) in [6.45, 7) is -0.0143. The molecule has 122 valence electrons. The molecule has 0 bridgehead atoms. The van der Waals surface area contributed by atoms with Crippen LogP contribution in [0.3, 0.4) is 0 Å². The van der Waals surface area contributed by atoms with Crippen molar-refractivity contribution in [1.29, 1.82) is 0 Å². The van der Waals surface area contributed by atoms with Crippen molar-refractivity contribution >= 4 is 27.3 Å². The van der Waals surface area contributed by atoms with Crippen LogP contribution in [-0.2, 0) is 19.4 Å². The van der Waals surface area contributed by atoms with Gasteiger partial charge in [-0.15, -0.1) is 11.3 Å². The maximum Gasteiger partial charge on any atom is 0.262 e. The molecule has 1 aliphatic rings. The third-order valence-corrected chi connectivity index (χ3v) is 5.60. The van der Waals surface area contributed by atoms with E-state index in [1.807, 2.05) is 0 Å². The largest absolute Gasteiger partial charge is 0.497 e. The second-order valence-electron chi connectivity index (χ2n) is 5.87. The molecular weight excluding hydrogens is 324 g/mol. The molecule has 0 unspecified atom stereocenters. The summed E-state index contributed by atoms with van der Waals surface area (Å²) in [4.78, 5) is 31.7. The summed E-state index contributed by atoms with van der Waals surface area (Å²) in [7, 11) is 1.56. The zero-order valence-electron chi connectivity index (χ0n) is 13.2. The van der Waals surface area contributed by atoms with E-state index in [-0.39, 0.29) is 17.9 Å². The van der Waals surface area contributed by atoms with Gasteiger partial charge in [-0.3, -0.25) is 14.2 Å². The number of carbonyl (C=O) groups is 1. The molecule has 3 aromatic rings. The predicted molar refractivity (Wildman–Crippen MR) is 93.2 cm³/mol. The van der Waals surface area contributed by atoms with E-state index in [1.165, 1.54) is 15.8 Å². The maximum absolute atomic E-state index is 12.8. The lowest BCUT2D eigenvalue weighted by Gasteiger charge is -2.06. The molecule has 5 nitrogen and oxygen atoms in total. The van der Waals surface area contributed by atoms with Gasteiger partial charge in [-0.1, -0.05) is 12.1 Å². The Morgan fingerprint density at radius 1 is 1.38 bits per heavy atom. The van der Waals surface area contributed by atoms with Gasteiger partial charge in [0.2, 0.25) is 0 Å². The van der Waals surface area contributed by atoms with Gasteiger partial charge >= 0.3 is 0 Å². The fourth-order valence-electron chi connectivity index (χ4n) is 3.17. The van der Waals surface area contributed by atoms with Crippen LogP contribution in [0.5, 0.6) is 5.75 Å². The van der Waals surface area contributed by atoms with Crippen LogP contribution < -0.4 is 10.3 Å². The summed E-state index contributed by atoms with van der Waals surface area (Å²) in [5.41, 5.74) is 1.54. The molecule has 0 atom stereocenters. The smallest absolute Gasteiger partial charge is 0.262 e. The van der Waals surface area contributed by atoms with E-state index < -0.39 is 0 Å². The lowest BCUT2D eigenvalue weighted by Crippen LogP contribution is -2.24. The summed E-state index contributed by atoms with van der Waals surface area (Å²) < 4.78 is 6.56. The maximum atomic E-state index is 12.8. The molecule has 0 aliphatic heterocycles. The molecule has 2 heterocycles. The van der Waals surface area contributed by atoms with Crippen molar-refractivity contribution in [3.05, 3.63) is 57.0 Å². The van der Waals surface area contributed by atoms with Crippen molar-refractivity contribution in [2.24, 2.45) is 0 Å². The Morgan fingerprint density at radius 3 is 3.08 bits per heavy atom. The highest BCUT2D eigenvalue weighted by Gasteiger charge is 2.21. The van der Waals surface area contributed by atoms with Crippen LogP contribution in [0, 0.1) is 0 Å². The molecule has 0 saturated heterocycles. The topological polar surface area (TPSA) is 61.2 Å². The molecule has 24 heavy (non-hydrogen) atoms. The average molecular weight is 340 g/mol. The minimum absolute atomic E-state index is 0.0143. The number of benzene rings is 1. The van der Waals surface area contributed by atoms with Crippen molar-refractivity contribution in [3.8, 4) is 5.75 Å². The Bertz CT molecular complexity index is 1000. The summed E-state index contributed by atoms with van der Waals surface area (Å²) in [5.74, 6) is 0.487. The number of thiophene rings is 1. The number of ether oxygens (including phenoxy) is 1. The van der Waals surface area contributed by atoms with Gasteiger partial charge in [-0.2, -0.15) is 0 Å². The first-order valence-electron chi connectivity index (χ1n) is 7.84. The van der Waals surface area contributed by atoms with Crippen LogP contribution in [0.2, 0.25) is 0 Å². The monoisotopic (exact) mass is 340 g/mol. The molecule has 0 fully saturated rings. The minimum Gasteiger partial charge on any atom is -0.497 e. The number of hydrogen-bond donors (Lipinski definition) is 0. The van der Waals surface area contributed by atoms with Crippen LogP contribution >= 0.6 is 11.3 Å². The van der Waals surface area contributed by atoms with E-state index in [4.69, 9.17) is 4.74 Å². The van der Waals surface area contributed by atoms with E-state index in [2.05, 4.69) is 4.98 Å². The first kappa shape index (κ1) is 15.1. The van der Waals surface area contributed by atoms with Gasteiger partial charge in [-0.25, -0.2) is 4.98 Å². The lowest BCUT2D eigenvalue weighted by atomic mass is 10.1. The Labute approximate surface area is 142 Å². The van der Waals surface area contributed by atoms with Gasteiger partial charge < -0.3 is 4.74 Å². The molecule has 1 aliphatic carbocycles. The highest BCUT2D eigenvalue weighted by Crippen LogP contribution is 2.34.